The number of ether oxygens (including phenoxy) is 1. The smallest absolute Gasteiger partial charge is 0.227 e. The summed E-state index contributed by atoms with van der Waals surface area (Å²) in [6.07, 6.45) is 0.872. The van der Waals surface area contributed by atoms with Crippen molar-refractivity contribution in [1.29, 1.82) is 0 Å². The van der Waals surface area contributed by atoms with E-state index in [0.717, 1.165) is 36.2 Å². The normalized spacial score (nSPS) is 18.9. The van der Waals surface area contributed by atoms with E-state index in [9.17, 15) is 9.90 Å². The topological polar surface area (TPSA) is 61.8 Å². The van der Waals surface area contributed by atoms with E-state index in [1.54, 1.807) is 6.07 Å². The quantitative estimate of drug-likeness (QED) is 0.798. The Kier molecular flexibility index (Phi) is 6.15. The average Bonchev–Trinajstić information content (AvgIpc) is 3.08. The summed E-state index contributed by atoms with van der Waals surface area (Å²) in [6, 6.07) is 11.1. The second kappa shape index (κ2) is 8.38. The third-order valence-electron chi connectivity index (χ3n) is 4.99. The molecule has 7 heteroatoms. The van der Waals surface area contributed by atoms with Crippen LogP contribution in [0.15, 0.2) is 36.4 Å². The maximum absolute atomic E-state index is 12.8. The van der Waals surface area contributed by atoms with Gasteiger partial charge in [-0.25, -0.2) is 0 Å². The summed E-state index contributed by atoms with van der Waals surface area (Å²) in [5.74, 6) is 0.741. The van der Waals surface area contributed by atoms with E-state index in [0.29, 0.717) is 30.5 Å². The molecule has 0 spiro atoms. The van der Waals surface area contributed by atoms with Crippen LogP contribution < -0.4 is 10.1 Å². The van der Waals surface area contributed by atoms with E-state index in [4.69, 9.17) is 16.3 Å². The lowest BCUT2D eigenvalue weighted by molar-refractivity contribution is -0.135. The molecule has 1 unspecified atom stereocenters. The number of nitrogens with zero attached hydrogens (tertiary/aromatic N) is 1. The molecule has 1 fully saturated rings. The summed E-state index contributed by atoms with van der Waals surface area (Å²) in [7, 11) is 0. The number of rotatable bonds is 2. The fourth-order valence-electron chi connectivity index (χ4n) is 3.65. The predicted molar refractivity (Wildman–Crippen MR) is 108 cm³/mol. The molecule has 2 aromatic rings. The third kappa shape index (κ3) is 4.15. The van der Waals surface area contributed by atoms with Gasteiger partial charge in [-0.3, -0.25) is 4.79 Å². The maximum Gasteiger partial charge on any atom is 0.227 e. The van der Waals surface area contributed by atoms with Crippen molar-refractivity contribution in [3.63, 3.8) is 0 Å². The third-order valence-corrected chi connectivity index (χ3v) is 5.23. The van der Waals surface area contributed by atoms with Crippen LogP contribution in [0.3, 0.4) is 0 Å². The SMILES string of the molecule is Cl.O=C(C1CCNC1)N1CCOc2c(O)cc(-c3cccc(Cl)c3)cc2C1. The first-order chi connectivity index (χ1) is 12.6. The molecule has 0 aliphatic carbocycles. The van der Waals surface area contributed by atoms with E-state index in [-0.39, 0.29) is 30.0 Å². The van der Waals surface area contributed by atoms with Crippen molar-refractivity contribution in [1.82, 2.24) is 10.2 Å². The Morgan fingerprint density at radius 3 is 2.85 bits per heavy atom. The van der Waals surface area contributed by atoms with Crippen LogP contribution in [0.5, 0.6) is 11.5 Å². The number of hydrogen-bond donors (Lipinski definition) is 2. The van der Waals surface area contributed by atoms with Crippen molar-refractivity contribution in [2.45, 2.75) is 13.0 Å². The minimum absolute atomic E-state index is 0. The molecule has 4 rings (SSSR count). The van der Waals surface area contributed by atoms with Crippen molar-refractivity contribution in [3.8, 4) is 22.6 Å². The van der Waals surface area contributed by atoms with Crippen LogP contribution in [-0.2, 0) is 11.3 Å². The molecular weight excluding hydrogens is 387 g/mol. The Hall–Kier alpha value is -1.95. The number of halogens is 2. The van der Waals surface area contributed by atoms with Gasteiger partial charge in [-0.15, -0.1) is 12.4 Å². The van der Waals surface area contributed by atoms with Gasteiger partial charge in [-0.1, -0.05) is 23.7 Å². The summed E-state index contributed by atoms with van der Waals surface area (Å²) in [5, 5.41) is 14.3. The number of phenols is 1. The van der Waals surface area contributed by atoms with Crippen molar-refractivity contribution >= 4 is 29.9 Å². The zero-order valence-electron chi connectivity index (χ0n) is 14.8. The highest BCUT2D eigenvalue weighted by Crippen LogP contribution is 2.38. The molecule has 2 aliphatic rings. The van der Waals surface area contributed by atoms with Gasteiger partial charge in [0.05, 0.1) is 12.5 Å². The molecule has 5 nitrogen and oxygen atoms in total. The zero-order chi connectivity index (χ0) is 18.1. The standard InChI is InChI=1S/C20H21ClN2O3.ClH/c21-17-3-1-2-13(9-17)15-8-16-12-23(20(25)14-4-5-22-11-14)6-7-26-19(16)18(24)10-15;/h1-3,8-10,14,22,24H,4-7,11-12H2;1H. The number of carbonyl (C=O) groups is 1. The van der Waals surface area contributed by atoms with Crippen molar-refractivity contribution in [2.75, 3.05) is 26.2 Å². The van der Waals surface area contributed by atoms with Crippen LogP contribution in [0.25, 0.3) is 11.1 Å². The molecule has 2 aromatic carbocycles. The number of hydrogen-bond acceptors (Lipinski definition) is 4. The molecule has 2 aliphatic heterocycles. The summed E-state index contributed by atoms with van der Waals surface area (Å²) >= 11 is 6.10. The van der Waals surface area contributed by atoms with Crippen LogP contribution in [0.4, 0.5) is 0 Å². The van der Waals surface area contributed by atoms with E-state index in [2.05, 4.69) is 5.32 Å². The lowest BCUT2D eigenvalue weighted by atomic mass is 10.0. The number of fused-ring (bicyclic) bond motifs is 1. The van der Waals surface area contributed by atoms with Gasteiger partial charge >= 0.3 is 0 Å². The van der Waals surface area contributed by atoms with Crippen molar-refractivity contribution in [2.24, 2.45) is 5.92 Å². The molecule has 2 heterocycles. The number of benzene rings is 2. The lowest BCUT2D eigenvalue weighted by Gasteiger charge is -2.23. The van der Waals surface area contributed by atoms with Gasteiger partial charge in [-0.05, 0) is 48.4 Å². The highest BCUT2D eigenvalue weighted by molar-refractivity contribution is 6.30. The Bertz CT molecular complexity index is 838. The first-order valence-electron chi connectivity index (χ1n) is 8.86. The monoisotopic (exact) mass is 408 g/mol. The number of amides is 1. The zero-order valence-corrected chi connectivity index (χ0v) is 16.4. The van der Waals surface area contributed by atoms with E-state index in [1.165, 1.54) is 0 Å². The molecule has 0 saturated carbocycles. The first kappa shape index (κ1) is 19.8. The lowest BCUT2D eigenvalue weighted by Crippen LogP contribution is -2.37. The number of aromatic hydroxyl groups is 1. The fourth-order valence-corrected chi connectivity index (χ4v) is 3.84. The Balaban J connectivity index is 0.00000210. The molecule has 1 atom stereocenters. The summed E-state index contributed by atoms with van der Waals surface area (Å²) in [6.45, 7) is 2.96. The summed E-state index contributed by atoms with van der Waals surface area (Å²) in [5.41, 5.74) is 2.58. The van der Waals surface area contributed by atoms with Gasteiger partial charge in [0, 0.05) is 23.7 Å². The van der Waals surface area contributed by atoms with Gasteiger partial charge < -0.3 is 20.1 Å². The molecule has 1 saturated heterocycles. The van der Waals surface area contributed by atoms with Crippen LogP contribution in [0.2, 0.25) is 5.02 Å². The van der Waals surface area contributed by atoms with Crippen LogP contribution in [0.1, 0.15) is 12.0 Å². The molecule has 2 N–H and O–H groups in total. The van der Waals surface area contributed by atoms with Gasteiger partial charge in [0.15, 0.2) is 11.5 Å². The van der Waals surface area contributed by atoms with Crippen LogP contribution in [-0.4, -0.2) is 42.2 Å². The molecule has 1 amide bonds. The van der Waals surface area contributed by atoms with Crippen LogP contribution >= 0.6 is 24.0 Å². The number of phenolic OH excluding ortho intramolecular Hbond substituents is 1. The summed E-state index contributed by atoms with van der Waals surface area (Å²) < 4.78 is 5.75. The van der Waals surface area contributed by atoms with Gasteiger partial charge in [0.2, 0.25) is 5.91 Å². The number of nitrogens with one attached hydrogen (secondary N) is 1. The fraction of sp³-hybridized carbons (Fsp3) is 0.350. The highest BCUT2D eigenvalue weighted by atomic mass is 35.5. The molecule has 144 valence electrons. The predicted octanol–water partition coefficient (Wildman–Crippen LogP) is 3.46. The minimum Gasteiger partial charge on any atom is -0.504 e. The first-order valence-corrected chi connectivity index (χ1v) is 9.24. The average molecular weight is 409 g/mol. The van der Waals surface area contributed by atoms with Gasteiger partial charge in [0.25, 0.3) is 0 Å². The van der Waals surface area contributed by atoms with E-state index in [1.807, 2.05) is 35.2 Å². The Morgan fingerprint density at radius 2 is 2.11 bits per heavy atom. The highest BCUT2D eigenvalue weighted by Gasteiger charge is 2.29. The molecule has 0 aromatic heterocycles. The van der Waals surface area contributed by atoms with Crippen LogP contribution in [0, 0.1) is 5.92 Å². The summed E-state index contributed by atoms with van der Waals surface area (Å²) in [4.78, 5) is 14.6. The molecular formula is C20H22Cl2N2O3. The molecule has 0 radical (unpaired) electrons. The molecule has 27 heavy (non-hydrogen) atoms. The maximum atomic E-state index is 12.8. The largest absolute Gasteiger partial charge is 0.504 e. The van der Waals surface area contributed by atoms with Gasteiger partial charge in [0.1, 0.15) is 6.61 Å². The molecule has 0 bridgehead atoms. The van der Waals surface area contributed by atoms with E-state index < -0.39 is 0 Å². The second-order valence-electron chi connectivity index (χ2n) is 6.79. The van der Waals surface area contributed by atoms with Crippen molar-refractivity contribution < 1.29 is 14.6 Å². The Morgan fingerprint density at radius 1 is 1.26 bits per heavy atom. The van der Waals surface area contributed by atoms with Gasteiger partial charge in [-0.2, -0.15) is 0 Å². The number of carbonyl (C=O) groups excluding carboxylic acids is 1. The van der Waals surface area contributed by atoms with Crippen molar-refractivity contribution in [3.05, 3.63) is 47.0 Å². The second-order valence-corrected chi connectivity index (χ2v) is 7.23. The Labute approximate surface area is 169 Å². The minimum atomic E-state index is 0. The van der Waals surface area contributed by atoms with E-state index >= 15 is 0 Å².